The van der Waals surface area contributed by atoms with Crippen molar-refractivity contribution in [1.82, 2.24) is 0 Å². The maximum absolute atomic E-state index is 14.6. The van der Waals surface area contributed by atoms with Crippen molar-refractivity contribution in [2.45, 2.75) is 26.2 Å². The van der Waals surface area contributed by atoms with E-state index in [9.17, 15) is 26.3 Å². The van der Waals surface area contributed by atoms with E-state index < -0.39 is 52.5 Å². The van der Waals surface area contributed by atoms with Gasteiger partial charge in [0.25, 0.3) is 0 Å². The van der Waals surface area contributed by atoms with Crippen LogP contribution in [-0.4, -0.2) is 13.2 Å². The predicted molar refractivity (Wildman–Crippen MR) is 111 cm³/mol. The summed E-state index contributed by atoms with van der Waals surface area (Å²) in [4.78, 5) is 0. The van der Waals surface area contributed by atoms with Gasteiger partial charge in [0.2, 0.25) is 0 Å². The van der Waals surface area contributed by atoms with Crippen LogP contribution in [0.2, 0.25) is 0 Å². The minimum absolute atomic E-state index is 0.00706. The van der Waals surface area contributed by atoms with Crippen molar-refractivity contribution in [3.63, 3.8) is 0 Å². The second-order valence-corrected chi connectivity index (χ2v) is 8.17. The van der Waals surface area contributed by atoms with Crippen molar-refractivity contribution in [2.24, 2.45) is 5.92 Å². The number of halogens is 6. The van der Waals surface area contributed by atoms with Gasteiger partial charge in [-0.25, -0.2) is 17.6 Å². The normalized spacial score (nSPS) is 18.7. The van der Waals surface area contributed by atoms with Crippen LogP contribution in [0.1, 0.15) is 29.9 Å². The first-order valence-corrected chi connectivity index (χ1v) is 10.4. The first-order valence-electron chi connectivity index (χ1n) is 10.4. The molecule has 34 heavy (non-hydrogen) atoms. The molecule has 4 rings (SSSR count). The lowest BCUT2D eigenvalue weighted by molar-refractivity contribution is -0.202. The van der Waals surface area contributed by atoms with Crippen molar-refractivity contribution in [1.29, 1.82) is 0 Å². The lowest BCUT2D eigenvalue weighted by atomic mass is 10.0. The molecule has 0 unspecified atom stereocenters. The molecule has 3 aromatic rings. The molecule has 1 aliphatic heterocycles. The molecule has 0 spiro atoms. The van der Waals surface area contributed by atoms with E-state index >= 15 is 0 Å². The molecule has 0 atom stereocenters. The Morgan fingerprint density at radius 3 is 1.85 bits per heavy atom. The van der Waals surface area contributed by atoms with E-state index in [-0.39, 0.29) is 11.5 Å². The molecule has 3 aromatic carbocycles. The Labute approximate surface area is 191 Å². The number of alkyl halides is 2. The highest BCUT2D eigenvalue weighted by Gasteiger charge is 2.41. The summed E-state index contributed by atoms with van der Waals surface area (Å²) < 4.78 is 101. The fraction of sp³-hybridized carbons (Fsp3) is 0.280. The molecule has 1 fully saturated rings. The molecule has 0 radical (unpaired) electrons. The van der Waals surface area contributed by atoms with Gasteiger partial charge in [0.05, 0.1) is 13.2 Å². The van der Waals surface area contributed by atoms with E-state index in [0.29, 0.717) is 36.5 Å². The monoisotopic (exact) mass is 482 g/mol. The van der Waals surface area contributed by atoms with Gasteiger partial charge in [-0.1, -0.05) is 31.2 Å². The molecule has 1 saturated heterocycles. The third-order valence-corrected chi connectivity index (χ3v) is 5.41. The number of rotatable bonds is 5. The first-order chi connectivity index (χ1) is 16.0. The van der Waals surface area contributed by atoms with Crippen LogP contribution >= 0.6 is 0 Å². The molecule has 0 bridgehead atoms. The van der Waals surface area contributed by atoms with Gasteiger partial charge in [0.1, 0.15) is 34.6 Å². The van der Waals surface area contributed by atoms with E-state index in [1.807, 2.05) is 6.92 Å². The standard InChI is InChI=1S/C25H20F6O3/c1-13-11-32-24(33-12-13)16-5-3-15(4-6-16)17-7-21(28)23(22(29)8-17)25(30,31)34-18-9-19(26)14(2)20(27)10-18/h3-10,13,24H,11-12H2,1-2H3. The lowest BCUT2D eigenvalue weighted by Crippen LogP contribution is -2.25. The Hall–Kier alpha value is -3.04. The zero-order chi connectivity index (χ0) is 24.6. The van der Waals surface area contributed by atoms with Gasteiger partial charge in [-0.15, -0.1) is 0 Å². The van der Waals surface area contributed by atoms with Crippen LogP contribution in [0, 0.1) is 36.1 Å². The van der Waals surface area contributed by atoms with Gasteiger partial charge in [-0.2, -0.15) is 8.78 Å². The van der Waals surface area contributed by atoms with Crippen LogP contribution in [0.4, 0.5) is 26.3 Å². The second-order valence-electron chi connectivity index (χ2n) is 8.17. The molecule has 0 aromatic heterocycles. The molecule has 0 aliphatic carbocycles. The fourth-order valence-corrected chi connectivity index (χ4v) is 3.52. The third-order valence-electron chi connectivity index (χ3n) is 5.41. The van der Waals surface area contributed by atoms with Gasteiger partial charge in [0, 0.05) is 29.2 Å². The number of benzene rings is 3. The zero-order valence-electron chi connectivity index (χ0n) is 18.2. The molecule has 3 nitrogen and oxygen atoms in total. The quantitative estimate of drug-likeness (QED) is 0.366. The zero-order valence-corrected chi connectivity index (χ0v) is 18.2. The Balaban J connectivity index is 1.58. The van der Waals surface area contributed by atoms with Crippen molar-refractivity contribution < 1.29 is 40.6 Å². The summed E-state index contributed by atoms with van der Waals surface area (Å²) in [6, 6.07) is 8.90. The van der Waals surface area contributed by atoms with E-state index in [0.717, 1.165) is 19.1 Å². The second kappa shape index (κ2) is 9.31. The number of hydrogen-bond acceptors (Lipinski definition) is 3. The Morgan fingerprint density at radius 1 is 0.794 bits per heavy atom. The minimum atomic E-state index is -4.53. The predicted octanol–water partition coefficient (Wildman–Crippen LogP) is 7.03. The molecule has 0 saturated carbocycles. The maximum Gasteiger partial charge on any atom is 0.432 e. The van der Waals surface area contributed by atoms with Crippen molar-refractivity contribution in [3.05, 3.63) is 88.5 Å². The highest BCUT2D eigenvalue weighted by Crippen LogP contribution is 2.38. The van der Waals surface area contributed by atoms with Gasteiger partial charge in [-0.05, 0) is 30.2 Å². The van der Waals surface area contributed by atoms with E-state index in [1.165, 1.54) is 0 Å². The molecule has 180 valence electrons. The molecular weight excluding hydrogens is 462 g/mol. The lowest BCUT2D eigenvalue weighted by Gasteiger charge is -2.27. The van der Waals surface area contributed by atoms with Gasteiger partial charge in [-0.3, -0.25) is 0 Å². The van der Waals surface area contributed by atoms with Crippen LogP contribution in [0.3, 0.4) is 0 Å². The Bertz CT molecular complexity index is 1140. The number of ether oxygens (including phenoxy) is 3. The van der Waals surface area contributed by atoms with Crippen LogP contribution in [0.5, 0.6) is 5.75 Å². The summed E-state index contributed by atoms with van der Waals surface area (Å²) in [5, 5.41) is 0. The largest absolute Gasteiger partial charge is 0.432 e. The van der Waals surface area contributed by atoms with Crippen molar-refractivity contribution in [3.8, 4) is 16.9 Å². The minimum Gasteiger partial charge on any atom is -0.429 e. The number of hydrogen-bond donors (Lipinski definition) is 0. The SMILES string of the molecule is Cc1c(F)cc(OC(F)(F)c2c(F)cc(-c3ccc(C4OCC(C)CO4)cc3)cc2F)cc1F. The fourth-order valence-electron chi connectivity index (χ4n) is 3.52. The highest BCUT2D eigenvalue weighted by molar-refractivity contribution is 5.64. The Morgan fingerprint density at radius 2 is 1.32 bits per heavy atom. The van der Waals surface area contributed by atoms with Crippen molar-refractivity contribution in [2.75, 3.05) is 13.2 Å². The summed E-state index contributed by atoms with van der Waals surface area (Å²) in [6.45, 7) is 4.15. The van der Waals surface area contributed by atoms with Gasteiger partial charge in [0.15, 0.2) is 6.29 Å². The van der Waals surface area contributed by atoms with Crippen LogP contribution < -0.4 is 4.74 Å². The van der Waals surface area contributed by atoms with Crippen LogP contribution in [0.15, 0.2) is 48.5 Å². The van der Waals surface area contributed by atoms with Gasteiger partial charge >= 0.3 is 6.11 Å². The molecule has 0 N–H and O–H groups in total. The average Bonchev–Trinajstić information content (AvgIpc) is 2.77. The molecule has 1 heterocycles. The molecule has 0 amide bonds. The first kappa shape index (κ1) is 24.1. The molecule has 1 aliphatic rings. The van der Waals surface area contributed by atoms with E-state index in [4.69, 9.17) is 9.47 Å². The van der Waals surface area contributed by atoms with E-state index in [2.05, 4.69) is 4.74 Å². The maximum atomic E-state index is 14.6. The van der Waals surface area contributed by atoms with E-state index in [1.54, 1.807) is 24.3 Å². The topological polar surface area (TPSA) is 27.7 Å². The summed E-state index contributed by atoms with van der Waals surface area (Å²) in [5.41, 5.74) is -1.01. The van der Waals surface area contributed by atoms with Gasteiger partial charge < -0.3 is 14.2 Å². The molecule has 9 heteroatoms. The average molecular weight is 482 g/mol. The van der Waals surface area contributed by atoms with Crippen LogP contribution in [-0.2, 0) is 15.6 Å². The summed E-state index contributed by atoms with van der Waals surface area (Å²) in [5.74, 6) is -6.07. The highest BCUT2D eigenvalue weighted by atomic mass is 19.3. The molecular formula is C25H20F6O3. The summed E-state index contributed by atoms with van der Waals surface area (Å²) >= 11 is 0. The van der Waals surface area contributed by atoms with Crippen molar-refractivity contribution >= 4 is 0 Å². The Kier molecular flexibility index (Phi) is 6.60. The smallest absolute Gasteiger partial charge is 0.429 e. The van der Waals surface area contributed by atoms with Crippen LogP contribution in [0.25, 0.3) is 11.1 Å². The third kappa shape index (κ3) is 4.90. The summed E-state index contributed by atoms with van der Waals surface area (Å²) in [6.07, 6.45) is -5.09. The summed E-state index contributed by atoms with van der Waals surface area (Å²) in [7, 11) is 0.